The maximum absolute atomic E-state index is 13.0. The summed E-state index contributed by atoms with van der Waals surface area (Å²) >= 11 is 0. The number of rotatable bonds is 3. The second-order valence-corrected chi connectivity index (χ2v) is 3.89. The highest BCUT2D eigenvalue weighted by molar-refractivity contribution is 5.53. The molecule has 88 valence electrons. The summed E-state index contributed by atoms with van der Waals surface area (Å²) in [6, 6.07) is 11.9. The smallest absolute Gasteiger partial charge is 0.124 e. The second kappa shape index (κ2) is 4.87. The Bertz CT molecular complexity index is 525. The Morgan fingerprint density at radius 2 is 1.94 bits per heavy atom. The molecule has 0 radical (unpaired) electrons. The van der Waals surface area contributed by atoms with Crippen molar-refractivity contribution in [1.29, 1.82) is 0 Å². The van der Waals surface area contributed by atoms with Crippen LogP contribution < -0.4 is 10.5 Å². The van der Waals surface area contributed by atoms with Crippen molar-refractivity contribution in [3.05, 3.63) is 59.4 Å². The summed E-state index contributed by atoms with van der Waals surface area (Å²) in [5.74, 6) is 0.477. The Kier molecular flexibility index (Phi) is 3.28. The zero-order chi connectivity index (χ0) is 12.3. The molecule has 0 saturated carbocycles. The molecule has 2 rings (SSSR count). The highest BCUT2D eigenvalue weighted by Gasteiger charge is 2.03. The van der Waals surface area contributed by atoms with Gasteiger partial charge in [0.15, 0.2) is 0 Å². The van der Waals surface area contributed by atoms with Gasteiger partial charge in [-0.3, -0.25) is 0 Å². The van der Waals surface area contributed by atoms with Gasteiger partial charge in [0, 0.05) is 11.3 Å². The van der Waals surface area contributed by atoms with Gasteiger partial charge in [-0.1, -0.05) is 18.2 Å². The molecule has 0 atom stereocenters. The fourth-order valence-electron chi connectivity index (χ4n) is 1.58. The van der Waals surface area contributed by atoms with E-state index in [1.807, 2.05) is 31.2 Å². The molecule has 0 spiro atoms. The molecule has 0 unspecified atom stereocenters. The number of hydrogen-bond donors (Lipinski definition) is 1. The summed E-state index contributed by atoms with van der Waals surface area (Å²) < 4.78 is 18.6. The first-order chi connectivity index (χ1) is 8.16. The molecule has 0 aliphatic rings. The molecule has 0 saturated heterocycles. The number of hydrogen-bond acceptors (Lipinski definition) is 2. The first-order valence-electron chi connectivity index (χ1n) is 5.39. The van der Waals surface area contributed by atoms with Crippen LogP contribution in [-0.4, -0.2) is 0 Å². The summed E-state index contributed by atoms with van der Waals surface area (Å²) in [6.07, 6.45) is 0. The fourth-order valence-corrected chi connectivity index (χ4v) is 1.58. The largest absolute Gasteiger partial charge is 0.489 e. The lowest BCUT2D eigenvalue weighted by Gasteiger charge is -2.10. The third-order valence-corrected chi connectivity index (χ3v) is 2.61. The Balaban J connectivity index is 2.10. The summed E-state index contributed by atoms with van der Waals surface area (Å²) in [4.78, 5) is 0. The first kappa shape index (κ1) is 11.5. The van der Waals surface area contributed by atoms with E-state index >= 15 is 0 Å². The van der Waals surface area contributed by atoms with E-state index in [2.05, 4.69) is 0 Å². The van der Waals surface area contributed by atoms with Crippen molar-refractivity contribution in [3.8, 4) is 5.75 Å². The first-order valence-corrected chi connectivity index (χ1v) is 5.39. The SMILES string of the molecule is Cc1c(N)cccc1OCc1cccc(F)c1. The summed E-state index contributed by atoms with van der Waals surface area (Å²) in [7, 11) is 0. The lowest BCUT2D eigenvalue weighted by atomic mass is 10.2. The lowest BCUT2D eigenvalue weighted by molar-refractivity contribution is 0.303. The van der Waals surface area contributed by atoms with Crippen LogP contribution in [-0.2, 0) is 6.61 Å². The van der Waals surface area contributed by atoms with E-state index in [1.165, 1.54) is 12.1 Å². The van der Waals surface area contributed by atoms with Crippen molar-refractivity contribution in [2.24, 2.45) is 0 Å². The predicted octanol–water partition coefficient (Wildman–Crippen LogP) is 3.30. The Labute approximate surface area is 99.8 Å². The maximum atomic E-state index is 13.0. The van der Waals surface area contributed by atoms with E-state index in [4.69, 9.17) is 10.5 Å². The van der Waals surface area contributed by atoms with Crippen LogP contribution in [0.4, 0.5) is 10.1 Å². The molecule has 2 aromatic rings. The van der Waals surface area contributed by atoms with Gasteiger partial charge >= 0.3 is 0 Å². The zero-order valence-corrected chi connectivity index (χ0v) is 9.61. The van der Waals surface area contributed by atoms with Gasteiger partial charge < -0.3 is 10.5 Å². The van der Waals surface area contributed by atoms with Crippen LogP contribution in [0.25, 0.3) is 0 Å². The van der Waals surface area contributed by atoms with E-state index in [0.29, 0.717) is 12.3 Å². The maximum Gasteiger partial charge on any atom is 0.124 e. The van der Waals surface area contributed by atoms with Crippen molar-refractivity contribution in [2.75, 3.05) is 5.73 Å². The molecule has 2 N–H and O–H groups in total. The average molecular weight is 231 g/mol. The standard InChI is InChI=1S/C14H14FNO/c1-10-13(16)6-3-7-14(10)17-9-11-4-2-5-12(15)8-11/h2-8H,9,16H2,1H3. The van der Waals surface area contributed by atoms with E-state index < -0.39 is 0 Å². The molecule has 0 aliphatic heterocycles. The average Bonchev–Trinajstić information content (AvgIpc) is 2.31. The Hall–Kier alpha value is -2.03. The minimum absolute atomic E-state index is 0.254. The van der Waals surface area contributed by atoms with Crippen LogP contribution in [0.5, 0.6) is 5.75 Å². The molecule has 0 aromatic heterocycles. The Morgan fingerprint density at radius 3 is 2.71 bits per heavy atom. The van der Waals surface area contributed by atoms with Gasteiger partial charge in [-0.25, -0.2) is 4.39 Å². The van der Waals surface area contributed by atoms with Crippen molar-refractivity contribution >= 4 is 5.69 Å². The molecule has 0 heterocycles. The van der Waals surface area contributed by atoms with Crippen LogP contribution in [0.3, 0.4) is 0 Å². The summed E-state index contributed by atoms with van der Waals surface area (Å²) in [5.41, 5.74) is 8.17. The van der Waals surface area contributed by atoms with Crippen LogP contribution in [0.15, 0.2) is 42.5 Å². The van der Waals surface area contributed by atoms with Gasteiger partial charge in [-0.05, 0) is 36.8 Å². The summed E-state index contributed by atoms with van der Waals surface area (Å²) in [5, 5.41) is 0. The third kappa shape index (κ3) is 2.75. The molecule has 2 nitrogen and oxygen atoms in total. The third-order valence-electron chi connectivity index (χ3n) is 2.61. The molecule has 0 bridgehead atoms. The van der Waals surface area contributed by atoms with Gasteiger partial charge in [0.25, 0.3) is 0 Å². The van der Waals surface area contributed by atoms with Crippen molar-refractivity contribution in [3.63, 3.8) is 0 Å². The van der Waals surface area contributed by atoms with Gasteiger partial charge in [-0.15, -0.1) is 0 Å². The van der Waals surface area contributed by atoms with Crippen molar-refractivity contribution in [1.82, 2.24) is 0 Å². The second-order valence-electron chi connectivity index (χ2n) is 3.89. The zero-order valence-electron chi connectivity index (χ0n) is 9.61. The topological polar surface area (TPSA) is 35.2 Å². The predicted molar refractivity (Wildman–Crippen MR) is 66.3 cm³/mol. The minimum atomic E-state index is -0.254. The normalized spacial score (nSPS) is 10.2. The number of benzene rings is 2. The van der Waals surface area contributed by atoms with Crippen LogP contribution in [0.2, 0.25) is 0 Å². The molecule has 0 aliphatic carbocycles. The highest BCUT2D eigenvalue weighted by Crippen LogP contribution is 2.23. The fraction of sp³-hybridized carbons (Fsp3) is 0.143. The van der Waals surface area contributed by atoms with Crippen LogP contribution in [0.1, 0.15) is 11.1 Å². The number of nitrogen functional groups attached to an aromatic ring is 1. The molecule has 3 heteroatoms. The highest BCUT2D eigenvalue weighted by atomic mass is 19.1. The van der Waals surface area contributed by atoms with Gasteiger partial charge in [0.05, 0.1) is 0 Å². The van der Waals surface area contributed by atoms with Gasteiger partial charge in [0.1, 0.15) is 18.2 Å². The number of anilines is 1. The van der Waals surface area contributed by atoms with Gasteiger partial charge in [-0.2, -0.15) is 0 Å². The van der Waals surface area contributed by atoms with Crippen molar-refractivity contribution < 1.29 is 9.13 Å². The molecule has 0 fully saturated rings. The van der Waals surface area contributed by atoms with Gasteiger partial charge in [0.2, 0.25) is 0 Å². The molecular weight excluding hydrogens is 217 g/mol. The summed E-state index contributed by atoms with van der Waals surface area (Å²) in [6.45, 7) is 2.23. The number of ether oxygens (including phenoxy) is 1. The van der Waals surface area contributed by atoms with E-state index in [1.54, 1.807) is 6.07 Å². The molecule has 2 aromatic carbocycles. The Morgan fingerprint density at radius 1 is 1.18 bits per heavy atom. The molecule has 0 amide bonds. The molecular formula is C14H14FNO. The number of nitrogens with two attached hydrogens (primary N) is 1. The lowest BCUT2D eigenvalue weighted by Crippen LogP contribution is -1.99. The van der Waals surface area contributed by atoms with E-state index in [9.17, 15) is 4.39 Å². The quantitative estimate of drug-likeness (QED) is 0.822. The monoisotopic (exact) mass is 231 g/mol. The minimum Gasteiger partial charge on any atom is -0.489 e. The molecule has 17 heavy (non-hydrogen) atoms. The van der Waals surface area contributed by atoms with Crippen molar-refractivity contribution in [2.45, 2.75) is 13.5 Å². The van der Waals surface area contributed by atoms with Crippen LogP contribution >= 0.6 is 0 Å². The van der Waals surface area contributed by atoms with Crippen LogP contribution in [0, 0.1) is 12.7 Å². The number of halogens is 1. The van der Waals surface area contributed by atoms with E-state index in [0.717, 1.165) is 16.9 Å². The van der Waals surface area contributed by atoms with E-state index in [-0.39, 0.29) is 5.82 Å².